The SMILES string of the molecule is C[C@H]1COc2c(C3(C=O)CC3)c(F)cc3c(=O)c(C(=O)O)cn1c23. The van der Waals surface area contributed by atoms with E-state index >= 15 is 0 Å². The third-order valence-electron chi connectivity index (χ3n) is 4.91. The molecular formula is C17H14FNO5. The predicted molar refractivity (Wildman–Crippen MR) is 82.3 cm³/mol. The van der Waals surface area contributed by atoms with Gasteiger partial charge in [0.25, 0.3) is 0 Å². The molecule has 124 valence electrons. The summed E-state index contributed by atoms with van der Waals surface area (Å²) in [4.78, 5) is 35.2. The van der Waals surface area contributed by atoms with Crippen molar-refractivity contribution in [1.29, 1.82) is 0 Å². The molecule has 1 aliphatic carbocycles. The Kier molecular flexibility index (Phi) is 2.88. The van der Waals surface area contributed by atoms with Crippen LogP contribution in [0.4, 0.5) is 4.39 Å². The molecule has 2 heterocycles. The van der Waals surface area contributed by atoms with Crippen LogP contribution in [0.2, 0.25) is 0 Å². The number of carbonyl (C=O) groups excluding carboxylic acids is 1. The van der Waals surface area contributed by atoms with Crippen molar-refractivity contribution in [3.63, 3.8) is 0 Å². The van der Waals surface area contributed by atoms with Gasteiger partial charge in [-0.25, -0.2) is 9.18 Å². The van der Waals surface area contributed by atoms with Crippen LogP contribution in [0.5, 0.6) is 5.75 Å². The molecule has 6 nitrogen and oxygen atoms in total. The number of ether oxygens (including phenoxy) is 1. The lowest BCUT2D eigenvalue weighted by Gasteiger charge is -2.29. The molecule has 2 aliphatic rings. The van der Waals surface area contributed by atoms with Crippen molar-refractivity contribution in [2.75, 3.05) is 6.61 Å². The first-order valence-electron chi connectivity index (χ1n) is 7.64. The maximum atomic E-state index is 14.7. The van der Waals surface area contributed by atoms with Crippen molar-refractivity contribution in [3.8, 4) is 5.75 Å². The minimum atomic E-state index is -1.36. The van der Waals surface area contributed by atoms with Gasteiger partial charge in [0.1, 0.15) is 24.3 Å². The van der Waals surface area contributed by atoms with Gasteiger partial charge in [-0.2, -0.15) is 0 Å². The van der Waals surface area contributed by atoms with Crippen molar-refractivity contribution >= 4 is 23.2 Å². The number of benzene rings is 1. The molecule has 1 saturated carbocycles. The van der Waals surface area contributed by atoms with Gasteiger partial charge in [-0.15, -0.1) is 0 Å². The normalized spacial score (nSPS) is 20.5. The Bertz CT molecular complexity index is 973. The summed E-state index contributed by atoms with van der Waals surface area (Å²) in [6.45, 7) is 2.02. The van der Waals surface area contributed by atoms with Crippen molar-refractivity contribution in [2.24, 2.45) is 0 Å². The number of aromatic carboxylic acids is 1. The van der Waals surface area contributed by atoms with E-state index in [9.17, 15) is 23.9 Å². The summed E-state index contributed by atoms with van der Waals surface area (Å²) in [5, 5.41) is 9.19. The lowest BCUT2D eigenvalue weighted by molar-refractivity contribution is -0.110. The zero-order valence-corrected chi connectivity index (χ0v) is 12.8. The van der Waals surface area contributed by atoms with Crippen molar-refractivity contribution in [3.05, 3.63) is 39.4 Å². The van der Waals surface area contributed by atoms with Crippen molar-refractivity contribution in [1.82, 2.24) is 4.57 Å². The zero-order valence-electron chi connectivity index (χ0n) is 12.8. The van der Waals surface area contributed by atoms with Crippen LogP contribution in [0.1, 0.15) is 41.7 Å². The van der Waals surface area contributed by atoms with Gasteiger partial charge in [0.2, 0.25) is 5.43 Å². The number of pyridine rings is 1. The average molecular weight is 331 g/mol. The molecule has 1 N–H and O–H groups in total. The smallest absolute Gasteiger partial charge is 0.341 e. The van der Waals surface area contributed by atoms with E-state index in [1.54, 1.807) is 4.57 Å². The number of nitrogens with zero attached hydrogens (tertiary/aromatic N) is 1. The molecule has 1 fully saturated rings. The number of aldehydes is 1. The van der Waals surface area contributed by atoms with Crippen LogP contribution in [-0.4, -0.2) is 28.5 Å². The molecule has 7 heteroatoms. The van der Waals surface area contributed by atoms with Gasteiger partial charge in [-0.1, -0.05) is 0 Å². The number of carboxylic acid groups (broad SMARTS) is 1. The Hall–Kier alpha value is -2.70. The Balaban J connectivity index is 2.18. The molecule has 0 spiro atoms. The van der Waals surface area contributed by atoms with Crippen LogP contribution in [0, 0.1) is 5.82 Å². The van der Waals surface area contributed by atoms with E-state index < -0.39 is 28.2 Å². The first-order valence-corrected chi connectivity index (χ1v) is 7.64. The second-order valence-electron chi connectivity index (χ2n) is 6.48. The van der Waals surface area contributed by atoms with Gasteiger partial charge >= 0.3 is 5.97 Å². The number of halogens is 1. The molecule has 1 aliphatic heterocycles. The van der Waals surface area contributed by atoms with Crippen LogP contribution in [-0.2, 0) is 10.2 Å². The van der Waals surface area contributed by atoms with Crippen molar-refractivity contribution < 1.29 is 23.8 Å². The fourth-order valence-corrected chi connectivity index (χ4v) is 3.40. The molecule has 0 bridgehead atoms. The monoisotopic (exact) mass is 331 g/mol. The molecule has 0 saturated heterocycles. The second-order valence-corrected chi connectivity index (χ2v) is 6.48. The van der Waals surface area contributed by atoms with Crippen molar-refractivity contribution in [2.45, 2.75) is 31.2 Å². The highest BCUT2D eigenvalue weighted by atomic mass is 19.1. The molecule has 0 amide bonds. The summed E-state index contributed by atoms with van der Waals surface area (Å²) in [6, 6.07) is 0.813. The molecule has 0 unspecified atom stereocenters. The van der Waals surface area contributed by atoms with Gasteiger partial charge in [-0.05, 0) is 25.8 Å². The fraction of sp³-hybridized carbons (Fsp3) is 0.353. The highest BCUT2D eigenvalue weighted by molar-refractivity contribution is 5.96. The molecule has 1 aromatic heterocycles. The quantitative estimate of drug-likeness (QED) is 0.870. The van der Waals surface area contributed by atoms with E-state index in [0.717, 1.165) is 12.4 Å². The Morgan fingerprint density at radius 2 is 2.21 bits per heavy atom. The van der Waals surface area contributed by atoms with Crippen LogP contribution >= 0.6 is 0 Å². The topological polar surface area (TPSA) is 85.6 Å². The third-order valence-corrected chi connectivity index (χ3v) is 4.91. The predicted octanol–water partition coefficient (Wildman–Crippen LogP) is 2.02. The molecule has 0 radical (unpaired) electrons. The van der Waals surface area contributed by atoms with Crippen LogP contribution in [0.25, 0.3) is 10.9 Å². The summed E-state index contributed by atoms with van der Waals surface area (Å²) >= 11 is 0. The molecule has 24 heavy (non-hydrogen) atoms. The van der Waals surface area contributed by atoms with E-state index in [1.807, 2.05) is 6.92 Å². The number of hydrogen-bond acceptors (Lipinski definition) is 4. The van der Waals surface area contributed by atoms with Gasteiger partial charge < -0.3 is 19.2 Å². The summed E-state index contributed by atoms with van der Waals surface area (Å²) in [5.74, 6) is -1.88. The van der Waals surface area contributed by atoms with Crippen LogP contribution in [0.15, 0.2) is 17.1 Å². The van der Waals surface area contributed by atoms with E-state index in [-0.39, 0.29) is 29.3 Å². The number of rotatable bonds is 3. The van der Waals surface area contributed by atoms with Gasteiger partial charge in [-0.3, -0.25) is 4.79 Å². The lowest BCUT2D eigenvalue weighted by atomic mass is 9.93. The Labute approximate surface area is 135 Å². The number of hydrogen-bond donors (Lipinski definition) is 1. The van der Waals surface area contributed by atoms with E-state index in [0.29, 0.717) is 18.4 Å². The third kappa shape index (κ3) is 1.78. The molecular weight excluding hydrogens is 317 g/mol. The second kappa shape index (κ2) is 4.66. The fourth-order valence-electron chi connectivity index (χ4n) is 3.40. The highest BCUT2D eigenvalue weighted by Crippen LogP contribution is 2.53. The minimum Gasteiger partial charge on any atom is -0.489 e. The summed E-state index contributed by atoms with van der Waals surface area (Å²) in [6.07, 6.45) is 3.06. The van der Waals surface area contributed by atoms with Gasteiger partial charge in [0, 0.05) is 11.8 Å². The maximum absolute atomic E-state index is 14.7. The molecule has 1 atom stereocenters. The highest BCUT2D eigenvalue weighted by Gasteiger charge is 2.49. The van der Waals surface area contributed by atoms with Gasteiger partial charge in [0.05, 0.1) is 22.4 Å². The van der Waals surface area contributed by atoms with E-state index in [2.05, 4.69) is 0 Å². The standard InChI is InChI=1S/C17H14FNO5/c1-8-6-24-15-12(17(7-20)2-3-17)11(18)4-9-13(15)19(8)5-10(14(9)21)16(22)23/h4-5,7-8H,2-3,6H2,1H3,(H,22,23)/t8-/m0/s1. The first-order chi connectivity index (χ1) is 11.4. The molecule has 1 aromatic carbocycles. The lowest BCUT2D eigenvalue weighted by Crippen LogP contribution is -2.28. The summed E-state index contributed by atoms with van der Waals surface area (Å²) in [7, 11) is 0. The summed E-state index contributed by atoms with van der Waals surface area (Å²) in [5.41, 5.74) is -1.54. The minimum absolute atomic E-state index is 0.0422. The van der Waals surface area contributed by atoms with E-state index in [4.69, 9.17) is 4.74 Å². The Morgan fingerprint density at radius 1 is 1.50 bits per heavy atom. The van der Waals surface area contributed by atoms with Crippen LogP contribution < -0.4 is 10.2 Å². The molecule has 4 rings (SSSR count). The number of carbonyl (C=O) groups is 2. The summed E-state index contributed by atoms with van der Waals surface area (Å²) < 4.78 is 22.0. The zero-order chi connectivity index (χ0) is 17.2. The number of carboxylic acids is 1. The van der Waals surface area contributed by atoms with E-state index in [1.165, 1.54) is 6.20 Å². The van der Waals surface area contributed by atoms with Crippen LogP contribution in [0.3, 0.4) is 0 Å². The van der Waals surface area contributed by atoms with Gasteiger partial charge in [0.15, 0.2) is 5.75 Å². The average Bonchev–Trinajstić information content (AvgIpc) is 3.33. The largest absolute Gasteiger partial charge is 0.489 e. The number of aromatic nitrogens is 1. The maximum Gasteiger partial charge on any atom is 0.341 e. The Morgan fingerprint density at radius 3 is 2.79 bits per heavy atom. The first kappa shape index (κ1) is 14.9. The molecule has 2 aromatic rings.